The number of anilines is 1. The van der Waals surface area contributed by atoms with E-state index in [4.69, 9.17) is 0 Å². The van der Waals surface area contributed by atoms with Gasteiger partial charge in [-0.2, -0.15) is 0 Å². The van der Waals surface area contributed by atoms with Crippen molar-refractivity contribution in [3.8, 4) is 0 Å². The van der Waals surface area contributed by atoms with E-state index in [-0.39, 0.29) is 17.4 Å². The van der Waals surface area contributed by atoms with E-state index in [2.05, 4.69) is 10.1 Å². The topological polar surface area (TPSA) is 89.5 Å². The zero-order valence-corrected chi connectivity index (χ0v) is 12.7. The van der Waals surface area contributed by atoms with Gasteiger partial charge in [0.25, 0.3) is 0 Å². The van der Waals surface area contributed by atoms with Crippen molar-refractivity contribution in [2.24, 2.45) is 5.92 Å². The van der Waals surface area contributed by atoms with Crippen molar-refractivity contribution in [2.45, 2.75) is 13.3 Å². The summed E-state index contributed by atoms with van der Waals surface area (Å²) in [5.74, 6) is -1.42. The first kappa shape index (κ1) is 15.5. The lowest BCUT2D eigenvalue weighted by Gasteiger charge is -2.12. The molecule has 1 fully saturated rings. The van der Waals surface area contributed by atoms with Crippen molar-refractivity contribution in [1.29, 1.82) is 0 Å². The predicted molar refractivity (Wildman–Crippen MR) is 77.9 cm³/mol. The first-order valence-corrected chi connectivity index (χ1v) is 8.35. The number of aryl methyl sites for hydroxylation is 1. The number of ether oxygens (including phenoxy) is 1. The van der Waals surface area contributed by atoms with E-state index < -0.39 is 21.7 Å². The van der Waals surface area contributed by atoms with Crippen molar-refractivity contribution in [3.63, 3.8) is 0 Å². The molecule has 1 aromatic rings. The molecule has 0 bridgehead atoms. The SMILES string of the molecule is COC(=O)c1ccc(C)c(NC(=O)[C@@H]2CCS(=O)(=O)C2)c1. The number of carbonyl (C=O) groups excluding carboxylic acids is 2. The number of esters is 1. The first-order valence-electron chi connectivity index (χ1n) is 6.52. The number of hydrogen-bond acceptors (Lipinski definition) is 5. The first-order chi connectivity index (χ1) is 9.82. The van der Waals surface area contributed by atoms with Crippen molar-refractivity contribution in [3.05, 3.63) is 29.3 Å². The van der Waals surface area contributed by atoms with E-state index in [1.54, 1.807) is 19.1 Å². The summed E-state index contributed by atoms with van der Waals surface area (Å²) < 4.78 is 27.4. The van der Waals surface area contributed by atoms with E-state index >= 15 is 0 Å². The van der Waals surface area contributed by atoms with Crippen molar-refractivity contribution >= 4 is 27.4 Å². The molecule has 0 radical (unpaired) electrons. The zero-order valence-electron chi connectivity index (χ0n) is 11.9. The van der Waals surface area contributed by atoms with Crippen LogP contribution in [0.1, 0.15) is 22.3 Å². The average Bonchev–Trinajstić information content (AvgIpc) is 2.80. The highest BCUT2D eigenvalue weighted by Crippen LogP contribution is 2.23. The summed E-state index contributed by atoms with van der Waals surface area (Å²) >= 11 is 0. The normalized spacial score (nSPS) is 20.0. The minimum Gasteiger partial charge on any atom is -0.465 e. The van der Waals surface area contributed by atoms with Crippen LogP contribution in [0.2, 0.25) is 0 Å². The molecular weight excluding hydrogens is 294 g/mol. The Hall–Kier alpha value is -1.89. The molecule has 1 N–H and O–H groups in total. The zero-order chi connectivity index (χ0) is 15.6. The summed E-state index contributed by atoms with van der Waals surface area (Å²) in [4.78, 5) is 23.6. The van der Waals surface area contributed by atoms with E-state index in [1.165, 1.54) is 13.2 Å². The van der Waals surface area contributed by atoms with Gasteiger partial charge in [0.2, 0.25) is 5.91 Å². The molecule has 1 amide bonds. The third kappa shape index (κ3) is 3.60. The summed E-state index contributed by atoms with van der Waals surface area (Å²) in [7, 11) is -1.82. The molecule has 0 spiro atoms. The van der Waals surface area contributed by atoms with E-state index in [9.17, 15) is 18.0 Å². The summed E-state index contributed by atoms with van der Waals surface area (Å²) in [6, 6.07) is 4.84. The lowest BCUT2D eigenvalue weighted by atomic mass is 10.1. The van der Waals surface area contributed by atoms with Crippen LogP contribution in [0.4, 0.5) is 5.69 Å². The number of amides is 1. The van der Waals surface area contributed by atoms with Gasteiger partial charge >= 0.3 is 5.97 Å². The smallest absolute Gasteiger partial charge is 0.337 e. The van der Waals surface area contributed by atoms with Crippen LogP contribution in [0, 0.1) is 12.8 Å². The number of benzene rings is 1. The number of hydrogen-bond donors (Lipinski definition) is 1. The molecule has 21 heavy (non-hydrogen) atoms. The van der Waals surface area contributed by atoms with Gasteiger partial charge in [-0.3, -0.25) is 4.79 Å². The third-order valence-electron chi connectivity index (χ3n) is 3.52. The van der Waals surface area contributed by atoms with E-state index in [1.807, 2.05) is 0 Å². The van der Waals surface area contributed by atoms with Crippen LogP contribution in [0.3, 0.4) is 0 Å². The van der Waals surface area contributed by atoms with Crippen LogP contribution in [-0.4, -0.2) is 38.9 Å². The molecule has 0 unspecified atom stereocenters. The second-order valence-electron chi connectivity index (χ2n) is 5.11. The van der Waals surface area contributed by atoms with Gasteiger partial charge < -0.3 is 10.1 Å². The summed E-state index contributed by atoms with van der Waals surface area (Å²) in [5, 5.41) is 2.70. The average molecular weight is 311 g/mol. The van der Waals surface area contributed by atoms with E-state index in [0.29, 0.717) is 17.7 Å². The summed E-state index contributed by atoms with van der Waals surface area (Å²) in [5.41, 5.74) is 1.61. The molecule has 1 atom stereocenters. The van der Waals surface area contributed by atoms with Crippen LogP contribution >= 0.6 is 0 Å². The molecule has 0 aromatic heterocycles. The predicted octanol–water partition coefficient (Wildman–Crippen LogP) is 1.15. The number of methoxy groups -OCH3 is 1. The fraction of sp³-hybridized carbons (Fsp3) is 0.429. The van der Waals surface area contributed by atoms with Crippen LogP contribution < -0.4 is 5.32 Å². The Kier molecular flexibility index (Phi) is 4.32. The second kappa shape index (κ2) is 5.85. The van der Waals surface area contributed by atoms with Crippen LogP contribution in [0.5, 0.6) is 0 Å². The molecule has 0 aliphatic carbocycles. The molecule has 1 heterocycles. The number of nitrogens with one attached hydrogen (secondary N) is 1. The van der Waals surface area contributed by atoms with Crippen molar-refractivity contribution in [1.82, 2.24) is 0 Å². The van der Waals surface area contributed by atoms with Gasteiger partial charge in [-0.05, 0) is 31.0 Å². The molecule has 114 valence electrons. The molecule has 0 saturated carbocycles. The molecule has 7 heteroatoms. The van der Waals surface area contributed by atoms with Gasteiger partial charge in [-0.1, -0.05) is 6.07 Å². The lowest BCUT2D eigenvalue weighted by Crippen LogP contribution is -2.24. The maximum Gasteiger partial charge on any atom is 0.337 e. The summed E-state index contributed by atoms with van der Waals surface area (Å²) in [6.45, 7) is 1.79. The van der Waals surface area contributed by atoms with Crippen LogP contribution in [0.15, 0.2) is 18.2 Å². The molecule has 6 nitrogen and oxygen atoms in total. The molecule has 1 aromatic carbocycles. The Morgan fingerprint density at radius 3 is 2.62 bits per heavy atom. The van der Waals surface area contributed by atoms with Crippen molar-refractivity contribution < 1.29 is 22.7 Å². The maximum absolute atomic E-state index is 12.1. The second-order valence-corrected chi connectivity index (χ2v) is 7.34. The number of sulfone groups is 1. The molecule has 1 aliphatic heterocycles. The quantitative estimate of drug-likeness (QED) is 0.846. The van der Waals surface area contributed by atoms with Crippen molar-refractivity contribution in [2.75, 3.05) is 23.9 Å². The van der Waals surface area contributed by atoms with Gasteiger partial charge in [0.05, 0.1) is 30.1 Å². The van der Waals surface area contributed by atoms with Gasteiger partial charge in [0.15, 0.2) is 9.84 Å². The third-order valence-corrected chi connectivity index (χ3v) is 5.29. The molecule has 1 aliphatic rings. The van der Waals surface area contributed by atoms with Gasteiger partial charge in [0, 0.05) is 5.69 Å². The monoisotopic (exact) mass is 311 g/mol. The lowest BCUT2D eigenvalue weighted by molar-refractivity contribution is -0.119. The minimum atomic E-state index is -3.10. The Morgan fingerprint density at radius 2 is 2.05 bits per heavy atom. The van der Waals surface area contributed by atoms with Gasteiger partial charge in [0.1, 0.15) is 0 Å². The van der Waals surface area contributed by atoms with Gasteiger partial charge in [-0.25, -0.2) is 13.2 Å². The molecular formula is C14H17NO5S. The molecule has 2 rings (SSSR count). The van der Waals surface area contributed by atoms with E-state index in [0.717, 1.165) is 5.56 Å². The summed E-state index contributed by atoms with van der Waals surface area (Å²) in [6.07, 6.45) is 0.337. The Balaban J connectivity index is 2.16. The highest BCUT2D eigenvalue weighted by molar-refractivity contribution is 7.91. The number of rotatable bonds is 3. The van der Waals surface area contributed by atoms with Crippen LogP contribution in [-0.2, 0) is 19.4 Å². The minimum absolute atomic E-state index is 0.0479. The fourth-order valence-corrected chi connectivity index (χ4v) is 3.98. The van der Waals surface area contributed by atoms with Gasteiger partial charge in [-0.15, -0.1) is 0 Å². The standard InChI is InChI=1S/C14H17NO5S/c1-9-3-4-10(14(17)20-2)7-12(9)15-13(16)11-5-6-21(18,19)8-11/h3-4,7,11H,5-6,8H2,1-2H3,(H,15,16)/t11-/m1/s1. The molecule has 1 saturated heterocycles. The fourth-order valence-electron chi connectivity index (χ4n) is 2.24. The highest BCUT2D eigenvalue weighted by atomic mass is 32.2. The largest absolute Gasteiger partial charge is 0.465 e. The van der Waals surface area contributed by atoms with Crippen LogP contribution in [0.25, 0.3) is 0 Å². The maximum atomic E-state index is 12.1. The Morgan fingerprint density at radius 1 is 1.33 bits per heavy atom. The Bertz CT molecular complexity index is 681. The Labute approximate surface area is 123 Å². The highest BCUT2D eigenvalue weighted by Gasteiger charge is 2.33. The number of carbonyl (C=O) groups is 2.